The Morgan fingerprint density at radius 1 is 1.24 bits per heavy atom. The second-order valence-electron chi connectivity index (χ2n) is 4.59. The van der Waals surface area contributed by atoms with Crippen LogP contribution in [0.5, 0.6) is 0 Å². The fourth-order valence-corrected chi connectivity index (χ4v) is 1.96. The summed E-state index contributed by atoms with van der Waals surface area (Å²) >= 11 is 0. The number of hydrogen-bond donors (Lipinski definition) is 1. The molecule has 0 radical (unpaired) electrons. The zero-order valence-electron chi connectivity index (χ0n) is 9.52. The van der Waals surface area contributed by atoms with E-state index < -0.39 is 0 Å². The maximum Gasteiger partial charge on any atom is 0.251 e. The molecule has 0 unspecified atom stereocenters. The predicted octanol–water partition coefficient (Wildman–Crippen LogP) is 2.39. The molecule has 17 heavy (non-hydrogen) atoms. The normalized spacial score (nSPS) is 14.8. The van der Waals surface area contributed by atoms with Crippen LogP contribution in [-0.2, 0) is 6.42 Å². The summed E-state index contributed by atoms with van der Waals surface area (Å²) in [5, 5.41) is 0. The second-order valence-corrected chi connectivity index (χ2v) is 4.59. The van der Waals surface area contributed by atoms with E-state index >= 15 is 0 Å². The molecule has 1 saturated carbocycles. The summed E-state index contributed by atoms with van der Waals surface area (Å²) in [6.45, 7) is 0. The molecule has 3 nitrogen and oxygen atoms in total. The lowest BCUT2D eigenvalue weighted by Gasteiger charge is -2.03. The van der Waals surface area contributed by atoms with Crippen LogP contribution in [-0.4, -0.2) is 9.97 Å². The Morgan fingerprint density at radius 2 is 2.00 bits per heavy atom. The topological polar surface area (TPSA) is 45.8 Å². The second kappa shape index (κ2) is 4.17. The molecule has 0 aliphatic heterocycles. The Kier molecular flexibility index (Phi) is 2.52. The van der Waals surface area contributed by atoms with Crippen molar-refractivity contribution in [2.24, 2.45) is 5.92 Å². The van der Waals surface area contributed by atoms with Crippen molar-refractivity contribution in [2.45, 2.75) is 19.3 Å². The van der Waals surface area contributed by atoms with Crippen LogP contribution in [0.4, 0.5) is 0 Å². The van der Waals surface area contributed by atoms with Crippen molar-refractivity contribution in [3.63, 3.8) is 0 Å². The van der Waals surface area contributed by atoms with E-state index in [0.717, 1.165) is 29.4 Å². The Hall–Kier alpha value is -1.90. The van der Waals surface area contributed by atoms with Gasteiger partial charge in [-0.1, -0.05) is 30.3 Å². The molecule has 86 valence electrons. The molecule has 0 amide bonds. The number of hydrogen-bond acceptors (Lipinski definition) is 2. The molecule has 1 aliphatic carbocycles. The van der Waals surface area contributed by atoms with E-state index in [1.54, 1.807) is 6.07 Å². The van der Waals surface area contributed by atoms with Gasteiger partial charge in [-0.05, 0) is 18.8 Å². The molecule has 1 N–H and O–H groups in total. The molecule has 1 heterocycles. The largest absolute Gasteiger partial charge is 0.311 e. The average Bonchev–Trinajstić information content (AvgIpc) is 3.13. The highest BCUT2D eigenvalue weighted by Crippen LogP contribution is 2.31. The number of nitrogens with zero attached hydrogens (tertiary/aromatic N) is 1. The number of nitrogens with one attached hydrogen (secondary N) is 1. The summed E-state index contributed by atoms with van der Waals surface area (Å²) in [5.41, 5.74) is 1.70. The van der Waals surface area contributed by atoms with Crippen LogP contribution in [0.25, 0.3) is 11.3 Å². The minimum absolute atomic E-state index is 0.0606. The fraction of sp³-hybridized carbons (Fsp3) is 0.286. The van der Waals surface area contributed by atoms with Crippen LogP contribution in [0.1, 0.15) is 18.7 Å². The maximum atomic E-state index is 11.6. The first-order valence-corrected chi connectivity index (χ1v) is 5.97. The van der Waals surface area contributed by atoms with Gasteiger partial charge in [-0.3, -0.25) is 4.79 Å². The van der Waals surface area contributed by atoms with Crippen LogP contribution in [0, 0.1) is 5.92 Å². The van der Waals surface area contributed by atoms with Crippen molar-refractivity contribution in [1.29, 1.82) is 0 Å². The van der Waals surface area contributed by atoms with Crippen molar-refractivity contribution in [3.8, 4) is 11.3 Å². The number of benzene rings is 1. The van der Waals surface area contributed by atoms with Crippen LogP contribution in [0.3, 0.4) is 0 Å². The quantitative estimate of drug-likeness (QED) is 0.873. The summed E-state index contributed by atoms with van der Waals surface area (Å²) in [5.74, 6) is 1.54. The number of aromatic amines is 1. The van der Waals surface area contributed by atoms with Crippen molar-refractivity contribution in [1.82, 2.24) is 9.97 Å². The van der Waals surface area contributed by atoms with E-state index in [2.05, 4.69) is 9.97 Å². The lowest BCUT2D eigenvalue weighted by molar-refractivity contribution is 0.765. The minimum Gasteiger partial charge on any atom is -0.311 e. The smallest absolute Gasteiger partial charge is 0.251 e. The highest BCUT2D eigenvalue weighted by atomic mass is 16.1. The molecule has 0 spiro atoms. The fourth-order valence-electron chi connectivity index (χ4n) is 1.96. The van der Waals surface area contributed by atoms with E-state index in [1.807, 2.05) is 30.3 Å². The first kappa shape index (κ1) is 10.3. The van der Waals surface area contributed by atoms with E-state index in [0.29, 0.717) is 0 Å². The summed E-state index contributed by atoms with van der Waals surface area (Å²) < 4.78 is 0. The third kappa shape index (κ3) is 2.44. The number of H-pyrrole nitrogens is 1. The van der Waals surface area contributed by atoms with E-state index in [4.69, 9.17) is 0 Å². The van der Waals surface area contributed by atoms with Crippen LogP contribution in [0.15, 0.2) is 41.2 Å². The van der Waals surface area contributed by atoms with Gasteiger partial charge in [0.2, 0.25) is 0 Å². The summed E-state index contributed by atoms with van der Waals surface area (Å²) in [4.78, 5) is 18.9. The third-order valence-electron chi connectivity index (χ3n) is 3.04. The molecule has 2 aromatic rings. The van der Waals surface area contributed by atoms with Gasteiger partial charge in [0.15, 0.2) is 0 Å². The Bertz CT molecular complexity index is 570. The molecule has 3 rings (SSSR count). The van der Waals surface area contributed by atoms with Gasteiger partial charge in [0.25, 0.3) is 5.56 Å². The van der Waals surface area contributed by atoms with Crippen molar-refractivity contribution in [2.75, 3.05) is 0 Å². The van der Waals surface area contributed by atoms with Crippen molar-refractivity contribution in [3.05, 3.63) is 52.6 Å². The lowest BCUT2D eigenvalue weighted by Crippen LogP contribution is -2.11. The minimum atomic E-state index is -0.0606. The van der Waals surface area contributed by atoms with E-state index in [-0.39, 0.29) is 5.56 Å². The molecular formula is C14H14N2O. The van der Waals surface area contributed by atoms with Gasteiger partial charge in [0.05, 0.1) is 5.69 Å². The number of rotatable bonds is 3. The van der Waals surface area contributed by atoms with Crippen LogP contribution >= 0.6 is 0 Å². The predicted molar refractivity (Wildman–Crippen MR) is 66.7 cm³/mol. The van der Waals surface area contributed by atoms with Crippen LogP contribution < -0.4 is 5.56 Å². The van der Waals surface area contributed by atoms with Crippen LogP contribution in [0.2, 0.25) is 0 Å². The summed E-state index contributed by atoms with van der Waals surface area (Å²) in [6.07, 6.45) is 3.43. The standard InChI is InChI=1S/C14H14N2O/c17-14-9-12(11-4-2-1-3-5-11)15-13(16-14)8-10-6-7-10/h1-5,9-10H,6-8H2,(H,15,16,17). The van der Waals surface area contributed by atoms with Gasteiger partial charge in [-0.2, -0.15) is 0 Å². The van der Waals surface area contributed by atoms with E-state index in [9.17, 15) is 4.79 Å². The summed E-state index contributed by atoms with van der Waals surface area (Å²) in [7, 11) is 0. The van der Waals surface area contributed by atoms with Gasteiger partial charge in [0.1, 0.15) is 5.82 Å². The summed E-state index contributed by atoms with van der Waals surface area (Å²) in [6, 6.07) is 11.4. The molecule has 0 atom stereocenters. The monoisotopic (exact) mass is 226 g/mol. The Labute approximate surface area is 99.5 Å². The van der Waals surface area contributed by atoms with Gasteiger partial charge < -0.3 is 4.98 Å². The van der Waals surface area contributed by atoms with Gasteiger partial charge in [0, 0.05) is 18.1 Å². The highest BCUT2D eigenvalue weighted by molar-refractivity contribution is 5.58. The number of aromatic nitrogens is 2. The molecule has 1 aliphatic rings. The maximum absolute atomic E-state index is 11.6. The Morgan fingerprint density at radius 3 is 2.71 bits per heavy atom. The molecule has 1 aromatic carbocycles. The lowest BCUT2D eigenvalue weighted by atomic mass is 10.1. The molecule has 1 aromatic heterocycles. The van der Waals surface area contributed by atoms with Crippen molar-refractivity contribution < 1.29 is 0 Å². The highest BCUT2D eigenvalue weighted by Gasteiger charge is 2.22. The zero-order valence-corrected chi connectivity index (χ0v) is 9.52. The zero-order chi connectivity index (χ0) is 11.7. The first-order valence-electron chi connectivity index (χ1n) is 5.97. The van der Waals surface area contributed by atoms with E-state index in [1.165, 1.54) is 12.8 Å². The van der Waals surface area contributed by atoms with Gasteiger partial charge in [-0.25, -0.2) is 4.98 Å². The molecule has 0 bridgehead atoms. The molecule has 1 fully saturated rings. The van der Waals surface area contributed by atoms with Gasteiger partial charge in [-0.15, -0.1) is 0 Å². The molecule has 3 heteroatoms. The Balaban J connectivity index is 1.98. The molecular weight excluding hydrogens is 212 g/mol. The van der Waals surface area contributed by atoms with Gasteiger partial charge >= 0.3 is 0 Å². The third-order valence-corrected chi connectivity index (χ3v) is 3.04. The SMILES string of the molecule is O=c1cc(-c2ccccc2)nc(CC2CC2)[nH]1. The van der Waals surface area contributed by atoms with Crippen molar-refractivity contribution >= 4 is 0 Å². The molecule has 0 saturated heterocycles. The average molecular weight is 226 g/mol. The first-order chi connectivity index (χ1) is 8.31.